The van der Waals surface area contributed by atoms with Gasteiger partial charge >= 0.3 is 0 Å². The quantitative estimate of drug-likeness (QED) is 0.686. The van der Waals surface area contributed by atoms with E-state index >= 15 is 0 Å². The van der Waals surface area contributed by atoms with E-state index in [1.54, 1.807) is 11.3 Å². The highest BCUT2D eigenvalue weighted by Crippen LogP contribution is 2.21. The van der Waals surface area contributed by atoms with E-state index in [1.165, 1.54) is 30.1 Å². The van der Waals surface area contributed by atoms with Crippen molar-refractivity contribution in [2.75, 3.05) is 24.5 Å². The molecule has 0 bridgehead atoms. The molecule has 1 aromatic rings. The van der Waals surface area contributed by atoms with Gasteiger partial charge in [0.15, 0.2) is 5.13 Å². The summed E-state index contributed by atoms with van der Waals surface area (Å²) < 4.78 is 0. The van der Waals surface area contributed by atoms with Gasteiger partial charge in [-0.15, -0.1) is 11.3 Å². The SMILES string of the molecule is CCCNCc1csc(N(CCC)CCC)n1. The Balaban J connectivity index is 2.51. The molecule has 0 aliphatic heterocycles. The maximum Gasteiger partial charge on any atom is 0.185 e. The van der Waals surface area contributed by atoms with Crippen molar-refractivity contribution in [3.05, 3.63) is 11.1 Å². The first kappa shape index (κ1) is 14.5. The standard InChI is InChI=1S/C13H25N3S/c1-4-7-14-10-12-11-17-13(15-12)16(8-5-2)9-6-3/h11,14H,4-10H2,1-3H3. The molecule has 98 valence electrons. The van der Waals surface area contributed by atoms with Gasteiger partial charge in [-0.3, -0.25) is 0 Å². The third kappa shape index (κ3) is 5.04. The van der Waals surface area contributed by atoms with Crippen LogP contribution in [0, 0.1) is 0 Å². The van der Waals surface area contributed by atoms with Gasteiger partial charge in [0.05, 0.1) is 5.69 Å². The summed E-state index contributed by atoms with van der Waals surface area (Å²) in [5.41, 5.74) is 1.18. The first-order valence-electron chi connectivity index (χ1n) is 6.71. The van der Waals surface area contributed by atoms with Crippen molar-refractivity contribution in [1.82, 2.24) is 10.3 Å². The molecule has 0 aliphatic rings. The monoisotopic (exact) mass is 255 g/mol. The molecule has 0 radical (unpaired) electrons. The van der Waals surface area contributed by atoms with Crippen LogP contribution in [-0.2, 0) is 6.54 Å². The van der Waals surface area contributed by atoms with Crippen LogP contribution in [0.25, 0.3) is 0 Å². The van der Waals surface area contributed by atoms with Crippen molar-refractivity contribution in [1.29, 1.82) is 0 Å². The molecule has 4 heteroatoms. The van der Waals surface area contributed by atoms with Crippen molar-refractivity contribution in [3.8, 4) is 0 Å². The number of thiazole rings is 1. The van der Waals surface area contributed by atoms with Crippen LogP contribution >= 0.6 is 11.3 Å². The van der Waals surface area contributed by atoms with Gasteiger partial charge in [-0.25, -0.2) is 4.98 Å². The number of hydrogen-bond donors (Lipinski definition) is 1. The summed E-state index contributed by atoms with van der Waals surface area (Å²) in [7, 11) is 0. The number of nitrogens with one attached hydrogen (secondary N) is 1. The summed E-state index contributed by atoms with van der Waals surface area (Å²) in [6, 6.07) is 0. The van der Waals surface area contributed by atoms with E-state index < -0.39 is 0 Å². The molecule has 1 N–H and O–H groups in total. The molecule has 1 heterocycles. The average Bonchev–Trinajstić information content (AvgIpc) is 2.78. The van der Waals surface area contributed by atoms with Crippen molar-refractivity contribution in [2.24, 2.45) is 0 Å². The lowest BCUT2D eigenvalue weighted by molar-refractivity contribution is 0.664. The fourth-order valence-electron chi connectivity index (χ4n) is 1.76. The summed E-state index contributed by atoms with van der Waals surface area (Å²) in [5, 5.41) is 6.75. The first-order chi connectivity index (χ1) is 8.31. The van der Waals surface area contributed by atoms with Crippen molar-refractivity contribution in [2.45, 2.75) is 46.6 Å². The van der Waals surface area contributed by atoms with E-state index in [1.807, 2.05) is 0 Å². The fraction of sp³-hybridized carbons (Fsp3) is 0.769. The summed E-state index contributed by atoms with van der Waals surface area (Å²) in [6.07, 6.45) is 3.54. The largest absolute Gasteiger partial charge is 0.348 e. The van der Waals surface area contributed by atoms with Gasteiger partial charge in [0, 0.05) is 25.0 Å². The minimum atomic E-state index is 0.899. The lowest BCUT2D eigenvalue weighted by atomic mass is 10.4. The van der Waals surface area contributed by atoms with Crippen LogP contribution in [0.5, 0.6) is 0 Å². The van der Waals surface area contributed by atoms with Gasteiger partial charge in [-0.2, -0.15) is 0 Å². The van der Waals surface area contributed by atoms with Crippen molar-refractivity contribution < 1.29 is 0 Å². The molecule has 0 saturated heterocycles. The molecule has 0 aromatic carbocycles. The summed E-state index contributed by atoms with van der Waals surface area (Å²) in [5.74, 6) is 0. The molecule has 0 saturated carbocycles. The van der Waals surface area contributed by atoms with Crippen LogP contribution in [0.2, 0.25) is 0 Å². The summed E-state index contributed by atoms with van der Waals surface area (Å²) in [6.45, 7) is 10.8. The van der Waals surface area contributed by atoms with Crippen LogP contribution in [-0.4, -0.2) is 24.6 Å². The Morgan fingerprint density at radius 1 is 1.18 bits per heavy atom. The molecule has 1 aromatic heterocycles. The Bertz CT molecular complexity index is 293. The normalized spacial score (nSPS) is 10.8. The van der Waals surface area contributed by atoms with Crippen molar-refractivity contribution in [3.63, 3.8) is 0 Å². The van der Waals surface area contributed by atoms with Gasteiger partial charge in [0.25, 0.3) is 0 Å². The molecule has 3 nitrogen and oxygen atoms in total. The van der Waals surface area contributed by atoms with Crippen LogP contribution in [0.4, 0.5) is 5.13 Å². The zero-order valence-electron chi connectivity index (χ0n) is 11.3. The first-order valence-corrected chi connectivity index (χ1v) is 7.59. The Morgan fingerprint density at radius 3 is 2.47 bits per heavy atom. The second kappa shape index (κ2) is 8.48. The number of hydrogen-bond acceptors (Lipinski definition) is 4. The molecule has 0 fully saturated rings. The zero-order valence-corrected chi connectivity index (χ0v) is 12.1. The molecule has 0 unspecified atom stereocenters. The second-order valence-electron chi connectivity index (χ2n) is 4.29. The lowest BCUT2D eigenvalue weighted by Gasteiger charge is -2.19. The van der Waals surface area contributed by atoms with Crippen molar-refractivity contribution >= 4 is 16.5 Å². The molecule has 0 atom stereocenters. The third-order valence-electron chi connectivity index (χ3n) is 2.53. The van der Waals surface area contributed by atoms with E-state index in [0.717, 1.165) is 26.2 Å². The van der Waals surface area contributed by atoms with E-state index in [0.29, 0.717) is 0 Å². The summed E-state index contributed by atoms with van der Waals surface area (Å²) >= 11 is 1.77. The second-order valence-corrected chi connectivity index (χ2v) is 5.12. The minimum absolute atomic E-state index is 0.899. The number of nitrogens with zero attached hydrogens (tertiary/aromatic N) is 2. The van der Waals surface area contributed by atoms with E-state index in [2.05, 4.69) is 36.4 Å². The van der Waals surface area contributed by atoms with E-state index in [4.69, 9.17) is 4.98 Å². The topological polar surface area (TPSA) is 28.2 Å². The van der Waals surface area contributed by atoms with E-state index in [-0.39, 0.29) is 0 Å². The number of aromatic nitrogens is 1. The lowest BCUT2D eigenvalue weighted by Crippen LogP contribution is -2.24. The molecule has 0 amide bonds. The summed E-state index contributed by atoms with van der Waals surface area (Å²) in [4.78, 5) is 7.10. The molecule has 0 spiro atoms. The molecular weight excluding hydrogens is 230 g/mol. The third-order valence-corrected chi connectivity index (χ3v) is 3.48. The van der Waals surface area contributed by atoms with E-state index in [9.17, 15) is 0 Å². The Kier molecular flexibility index (Phi) is 7.21. The highest BCUT2D eigenvalue weighted by Gasteiger charge is 2.09. The molecule has 1 rings (SSSR count). The highest BCUT2D eigenvalue weighted by molar-refractivity contribution is 7.13. The van der Waals surface area contributed by atoms with Gasteiger partial charge in [-0.1, -0.05) is 20.8 Å². The zero-order chi connectivity index (χ0) is 12.5. The van der Waals surface area contributed by atoms with Gasteiger partial charge in [0.1, 0.15) is 0 Å². The van der Waals surface area contributed by atoms with Crippen LogP contribution in [0.1, 0.15) is 45.7 Å². The smallest absolute Gasteiger partial charge is 0.185 e. The average molecular weight is 255 g/mol. The van der Waals surface area contributed by atoms with Gasteiger partial charge in [0.2, 0.25) is 0 Å². The highest BCUT2D eigenvalue weighted by atomic mass is 32.1. The predicted octanol–water partition coefficient (Wildman–Crippen LogP) is 3.27. The minimum Gasteiger partial charge on any atom is -0.348 e. The number of anilines is 1. The maximum absolute atomic E-state index is 4.70. The maximum atomic E-state index is 4.70. The van der Waals surface area contributed by atoms with Gasteiger partial charge < -0.3 is 10.2 Å². The van der Waals surface area contributed by atoms with Gasteiger partial charge in [-0.05, 0) is 25.8 Å². The Hall–Kier alpha value is -0.610. The van der Waals surface area contributed by atoms with Crippen LogP contribution in [0.15, 0.2) is 5.38 Å². The predicted molar refractivity (Wildman–Crippen MR) is 76.9 cm³/mol. The Labute approximate surface area is 109 Å². The molecule has 17 heavy (non-hydrogen) atoms. The molecular formula is C13H25N3S. The molecule has 0 aliphatic carbocycles. The Morgan fingerprint density at radius 2 is 1.88 bits per heavy atom. The number of rotatable bonds is 9. The van der Waals surface area contributed by atoms with Crippen LogP contribution in [0.3, 0.4) is 0 Å². The van der Waals surface area contributed by atoms with Crippen LogP contribution < -0.4 is 10.2 Å². The fourth-order valence-corrected chi connectivity index (χ4v) is 2.64.